The van der Waals surface area contributed by atoms with Crippen LogP contribution >= 0.6 is 0 Å². The molecule has 1 aromatic rings. The number of hydrogen-bond donors (Lipinski definition) is 1. The average molecular weight is 252 g/mol. The summed E-state index contributed by atoms with van der Waals surface area (Å²) in [6, 6.07) is 6.74. The second-order valence-corrected chi connectivity index (χ2v) is 5.10. The first-order valence-electron chi connectivity index (χ1n) is 6.75. The fourth-order valence-corrected chi connectivity index (χ4v) is 2.12. The summed E-state index contributed by atoms with van der Waals surface area (Å²) in [6.07, 6.45) is 2.11. The lowest BCUT2D eigenvalue weighted by molar-refractivity contribution is 0.0972. The van der Waals surface area contributed by atoms with Gasteiger partial charge in [0.25, 0.3) is 0 Å². The minimum absolute atomic E-state index is 0.0183. The molecule has 102 valence electrons. The first kappa shape index (κ1) is 15.1. The van der Waals surface area contributed by atoms with Gasteiger partial charge in [-0.15, -0.1) is 0 Å². The van der Waals surface area contributed by atoms with Crippen molar-refractivity contribution < 1.29 is 4.39 Å². The predicted octanol–water partition coefficient (Wildman–Crippen LogP) is 3.17. The summed E-state index contributed by atoms with van der Waals surface area (Å²) < 4.78 is 12.9. The van der Waals surface area contributed by atoms with Gasteiger partial charge in [-0.25, -0.2) is 4.39 Å². The molecule has 0 heterocycles. The third-order valence-corrected chi connectivity index (χ3v) is 3.75. The molecular formula is C15H25FN2. The zero-order chi connectivity index (χ0) is 13.6. The topological polar surface area (TPSA) is 29.3 Å². The molecule has 0 radical (unpaired) electrons. The molecule has 1 aromatic carbocycles. The molecule has 1 unspecified atom stereocenters. The van der Waals surface area contributed by atoms with Crippen molar-refractivity contribution in [3.63, 3.8) is 0 Å². The lowest BCUT2D eigenvalue weighted by Gasteiger charge is -2.40. The number of nitrogens with two attached hydrogens (primary N) is 1. The Morgan fingerprint density at radius 2 is 1.83 bits per heavy atom. The summed E-state index contributed by atoms with van der Waals surface area (Å²) in [5.74, 6) is -0.183. The highest BCUT2D eigenvalue weighted by Gasteiger charge is 2.27. The van der Waals surface area contributed by atoms with Gasteiger partial charge in [-0.3, -0.25) is 4.90 Å². The van der Waals surface area contributed by atoms with E-state index in [-0.39, 0.29) is 11.4 Å². The van der Waals surface area contributed by atoms with Crippen LogP contribution in [0.1, 0.15) is 39.2 Å². The van der Waals surface area contributed by atoms with E-state index in [1.54, 1.807) is 0 Å². The largest absolute Gasteiger partial charge is 0.329 e. The quantitative estimate of drug-likeness (QED) is 0.807. The van der Waals surface area contributed by atoms with Gasteiger partial charge in [0.05, 0.1) is 0 Å². The molecule has 1 atom stereocenters. The van der Waals surface area contributed by atoms with Crippen LogP contribution in [0.4, 0.5) is 4.39 Å². The Bertz CT molecular complexity index is 344. The second-order valence-electron chi connectivity index (χ2n) is 5.10. The fourth-order valence-electron chi connectivity index (χ4n) is 2.12. The van der Waals surface area contributed by atoms with Gasteiger partial charge in [-0.2, -0.15) is 0 Å². The molecule has 0 aliphatic carbocycles. The zero-order valence-electron chi connectivity index (χ0n) is 11.7. The molecule has 0 aromatic heterocycles. The van der Waals surface area contributed by atoms with E-state index in [1.807, 2.05) is 12.1 Å². The van der Waals surface area contributed by atoms with Gasteiger partial charge in [-0.05, 0) is 44.0 Å². The molecule has 2 N–H and O–H groups in total. The normalized spacial score (nSPS) is 14.8. The summed E-state index contributed by atoms with van der Waals surface area (Å²) in [4.78, 5) is 2.40. The van der Waals surface area contributed by atoms with Crippen LogP contribution in [0.5, 0.6) is 0 Å². The van der Waals surface area contributed by atoms with Gasteiger partial charge in [-0.1, -0.05) is 26.0 Å². The number of hydrogen-bond acceptors (Lipinski definition) is 2. The maximum atomic E-state index is 12.9. The summed E-state index contributed by atoms with van der Waals surface area (Å²) in [5, 5.41) is 0. The maximum absolute atomic E-state index is 12.9. The van der Waals surface area contributed by atoms with E-state index in [2.05, 4.69) is 25.7 Å². The monoisotopic (exact) mass is 252 g/mol. The van der Waals surface area contributed by atoms with E-state index >= 15 is 0 Å². The predicted molar refractivity (Wildman–Crippen MR) is 74.9 cm³/mol. The van der Waals surface area contributed by atoms with Crippen LogP contribution in [0, 0.1) is 5.82 Å². The van der Waals surface area contributed by atoms with E-state index in [4.69, 9.17) is 5.73 Å². The lowest BCUT2D eigenvalue weighted by atomic mass is 9.95. The Balaban J connectivity index is 2.82. The van der Waals surface area contributed by atoms with Crippen LogP contribution in [-0.4, -0.2) is 23.5 Å². The number of benzene rings is 1. The van der Waals surface area contributed by atoms with Crippen molar-refractivity contribution in [1.82, 2.24) is 4.90 Å². The van der Waals surface area contributed by atoms with Crippen LogP contribution in [0.15, 0.2) is 24.3 Å². The fraction of sp³-hybridized carbons (Fsp3) is 0.600. The van der Waals surface area contributed by atoms with Crippen molar-refractivity contribution in [1.29, 1.82) is 0 Å². The summed E-state index contributed by atoms with van der Waals surface area (Å²) in [5.41, 5.74) is 7.08. The lowest BCUT2D eigenvalue weighted by Crippen LogP contribution is -2.51. The molecule has 1 rings (SSSR count). The third kappa shape index (κ3) is 3.79. The minimum atomic E-state index is -0.183. The first-order chi connectivity index (χ1) is 8.55. The van der Waals surface area contributed by atoms with Gasteiger partial charge >= 0.3 is 0 Å². The molecule has 3 heteroatoms. The van der Waals surface area contributed by atoms with Crippen molar-refractivity contribution in [2.75, 3.05) is 13.1 Å². The Hall–Kier alpha value is -0.930. The van der Waals surface area contributed by atoms with Crippen LogP contribution in [0.3, 0.4) is 0 Å². The van der Waals surface area contributed by atoms with E-state index in [0.717, 1.165) is 31.5 Å². The Morgan fingerprint density at radius 1 is 1.22 bits per heavy atom. The third-order valence-electron chi connectivity index (χ3n) is 3.75. The molecule has 0 saturated heterocycles. The molecule has 0 saturated carbocycles. The van der Waals surface area contributed by atoms with Gasteiger partial charge in [0.2, 0.25) is 0 Å². The van der Waals surface area contributed by atoms with Crippen molar-refractivity contribution >= 4 is 0 Å². The first-order valence-corrected chi connectivity index (χ1v) is 6.75. The highest BCUT2D eigenvalue weighted by atomic mass is 19.1. The highest BCUT2D eigenvalue weighted by Crippen LogP contribution is 2.21. The molecule has 2 nitrogen and oxygen atoms in total. The molecule has 0 spiro atoms. The minimum Gasteiger partial charge on any atom is -0.329 e. The molecule has 18 heavy (non-hydrogen) atoms. The van der Waals surface area contributed by atoms with E-state index in [0.29, 0.717) is 6.54 Å². The second kappa shape index (κ2) is 6.86. The number of halogens is 1. The van der Waals surface area contributed by atoms with Gasteiger partial charge in [0.15, 0.2) is 0 Å². The number of nitrogens with zero attached hydrogens (tertiary/aromatic N) is 1. The van der Waals surface area contributed by atoms with Gasteiger partial charge in [0, 0.05) is 18.6 Å². The zero-order valence-corrected chi connectivity index (χ0v) is 11.7. The van der Waals surface area contributed by atoms with E-state index in [1.165, 1.54) is 12.1 Å². The molecule has 0 aliphatic rings. The molecule has 0 fully saturated rings. The molecule has 0 bridgehead atoms. The number of rotatable bonds is 7. The van der Waals surface area contributed by atoms with E-state index in [9.17, 15) is 4.39 Å². The van der Waals surface area contributed by atoms with Crippen molar-refractivity contribution in [3.8, 4) is 0 Å². The Morgan fingerprint density at radius 3 is 2.28 bits per heavy atom. The maximum Gasteiger partial charge on any atom is 0.123 e. The van der Waals surface area contributed by atoms with Crippen LogP contribution in [-0.2, 0) is 6.54 Å². The standard InChI is InChI=1S/C15H25FN2/c1-4-10-18(15(3,5-2)12-17)11-13-6-8-14(16)9-7-13/h6-9H,4-5,10-12,17H2,1-3H3. The summed E-state index contributed by atoms with van der Waals surface area (Å²) in [7, 11) is 0. The van der Waals surface area contributed by atoms with Crippen LogP contribution < -0.4 is 5.73 Å². The molecule has 0 aliphatic heterocycles. The molecule has 0 amide bonds. The Kier molecular flexibility index (Phi) is 5.76. The Labute approximate surface area is 110 Å². The SMILES string of the molecule is CCCN(Cc1ccc(F)cc1)C(C)(CC)CN. The van der Waals surface area contributed by atoms with Crippen LogP contribution in [0.25, 0.3) is 0 Å². The van der Waals surface area contributed by atoms with Gasteiger partial charge < -0.3 is 5.73 Å². The van der Waals surface area contributed by atoms with Gasteiger partial charge in [0.1, 0.15) is 5.82 Å². The van der Waals surface area contributed by atoms with Crippen molar-refractivity contribution in [2.24, 2.45) is 5.73 Å². The average Bonchev–Trinajstić information content (AvgIpc) is 2.40. The van der Waals surface area contributed by atoms with Crippen molar-refractivity contribution in [2.45, 2.75) is 45.7 Å². The van der Waals surface area contributed by atoms with E-state index < -0.39 is 0 Å². The smallest absolute Gasteiger partial charge is 0.123 e. The highest BCUT2D eigenvalue weighted by molar-refractivity contribution is 5.16. The summed E-state index contributed by atoms with van der Waals surface area (Å²) >= 11 is 0. The summed E-state index contributed by atoms with van der Waals surface area (Å²) in [6.45, 7) is 9.02. The van der Waals surface area contributed by atoms with Crippen LogP contribution in [0.2, 0.25) is 0 Å². The molecular weight excluding hydrogens is 227 g/mol. The van der Waals surface area contributed by atoms with Crippen molar-refractivity contribution in [3.05, 3.63) is 35.6 Å².